The number of aryl methyl sites for hydroxylation is 1. The second-order valence-corrected chi connectivity index (χ2v) is 6.37. The molecule has 2 N–H and O–H groups in total. The predicted octanol–water partition coefficient (Wildman–Crippen LogP) is 4.14. The number of nitrogens with one attached hydrogen (secondary N) is 1. The molecule has 7 heteroatoms. The van der Waals surface area contributed by atoms with Crippen LogP contribution >= 0.6 is 0 Å². The van der Waals surface area contributed by atoms with E-state index in [4.69, 9.17) is 0 Å². The van der Waals surface area contributed by atoms with Crippen LogP contribution in [0.1, 0.15) is 41.7 Å². The highest BCUT2D eigenvalue weighted by Crippen LogP contribution is 2.34. The molecule has 0 aliphatic heterocycles. The van der Waals surface area contributed by atoms with E-state index in [2.05, 4.69) is 15.3 Å². The number of rotatable bonds is 4. The van der Waals surface area contributed by atoms with Crippen molar-refractivity contribution in [2.45, 2.75) is 44.6 Å². The fourth-order valence-corrected chi connectivity index (χ4v) is 2.94. The molecule has 0 saturated heterocycles. The zero-order valence-corrected chi connectivity index (χ0v) is 13.8. The molecule has 0 spiro atoms. The lowest BCUT2D eigenvalue weighted by Crippen LogP contribution is -2.32. The third-order valence-electron chi connectivity index (χ3n) is 4.29. The highest BCUT2D eigenvalue weighted by Gasteiger charge is 2.35. The summed E-state index contributed by atoms with van der Waals surface area (Å²) in [5.41, 5.74) is 1.88. The smallest absolute Gasteiger partial charge is 0.335 e. The average molecular weight is 347 g/mol. The molecule has 0 atom stereocenters. The number of carboxylic acid groups (broad SMARTS) is 1. The Bertz CT molecular complexity index is 786. The maximum Gasteiger partial charge on any atom is 0.335 e. The average Bonchev–Trinajstić information content (AvgIpc) is 2.56. The molecule has 0 amide bonds. The number of nitrogens with zero attached hydrogens (tertiary/aromatic N) is 2. The van der Waals surface area contributed by atoms with E-state index in [1.165, 1.54) is 12.1 Å². The summed E-state index contributed by atoms with van der Waals surface area (Å²) < 4.78 is 26.6. The van der Waals surface area contributed by atoms with E-state index in [0.29, 0.717) is 30.0 Å². The molecule has 0 unspecified atom stereocenters. The van der Waals surface area contributed by atoms with Gasteiger partial charge in [0.1, 0.15) is 5.82 Å². The molecule has 1 fully saturated rings. The van der Waals surface area contributed by atoms with Gasteiger partial charge in [-0.3, -0.25) is 4.98 Å². The normalized spacial score (nSPS) is 17.2. The minimum Gasteiger partial charge on any atom is -0.478 e. The summed E-state index contributed by atoms with van der Waals surface area (Å²) >= 11 is 0. The van der Waals surface area contributed by atoms with E-state index in [-0.39, 0.29) is 24.4 Å². The molecular weight excluding hydrogens is 328 g/mol. The van der Waals surface area contributed by atoms with Crippen LogP contribution < -0.4 is 5.32 Å². The van der Waals surface area contributed by atoms with Crippen LogP contribution in [-0.2, 0) is 0 Å². The zero-order chi connectivity index (χ0) is 18.0. The summed E-state index contributed by atoms with van der Waals surface area (Å²) in [6.07, 6.45) is 0.305. The number of carbonyl (C=O) groups is 1. The molecule has 1 saturated carbocycles. The van der Waals surface area contributed by atoms with Gasteiger partial charge in [0.25, 0.3) is 0 Å². The van der Waals surface area contributed by atoms with E-state index in [1.54, 1.807) is 6.07 Å². The number of halogens is 2. The van der Waals surface area contributed by atoms with Crippen LogP contribution in [0.5, 0.6) is 0 Å². The van der Waals surface area contributed by atoms with Crippen molar-refractivity contribution in [3.8, 4) is 11.4 Å². The molecule has 132 valence electrons. The SMILES string of the molecule is Cc1cccc(-c2cc(C(=O)O)cc(NC3CCC(F)(F)CC3)n2)n1. The van der Waals surface area contributed by atoms with Gasteiger partial charge in [-0.05, 0) is 44.0 Å². The van der Waals surface area contributed by atoms with Gasteiger partial charge in [-0.15, -0.1) is 0 Å². The largest absolute Gasteiger partial charge is 0.478 e. The number of hydrogen-bond acceptors (Lipinski definition) is 4. The number of pyridine rings is 2. The van der Waals surface area contributed by atoms with Gasteiger partial charge >= 0.3 is 5.97 Å². The van der Waals surface area contributed by atoms with Crippen LogP contribution in [0, 0.1) is 6.92 Å². The summed E-state index contributed by atoms with van der Waals surface area (Å²) in [4.78, 5) is 20.2. The van der Waals surface area contributed by atoms with Gasteiger partial charge in [0.05, 0.1) is 17.0 Å². The first kappa shape index (κ1) is 17.3. The van der Waals surface area contributed by atoms with Gasteiger partial charge in [-0.25, -0.2) is 18.6 Å². The Balaban J connectivity index is 1.87. The summed E-state index contributed by atoms with van der Waals surface area (Å²) in [6.45, 7) is 1.84. The van der Waals surface area contributed by atoms with Gasteiger partial charge in [0, 0.05) is 24.6 Å². The number of carboxylic acids is 1. The first-order valence-corrected chi connectivity index (χ1v) is 8.16. The molecule has 0 radical (unpaired) electrons. The van der Waals surface area contributed by atoms with E-state index in [0.717, 1.165) is 5.69 Å². The van der Waals surface area contributed by atoms with Crippen molar-refractivity contribution in [3.63, 3.8) is 0 Å². The monoisotopic (exact) mass is 347 g/mol. The molecule has 5 nitrogen and oxygen atoms in total. The molecule has 1 aliphatic carbocycles. The van der Waals surface area contributed by atoms with Crippen LogP contribution in [-0.4, -0.2) is 33.0 Å². The maximum absolute atomic E-state index is 13.3. The van der Waals surface area contributed by atoms with Crippen molar-refractivity contribution < 1.29 is 18.7 Å². The predicted molar refractivity (Wildman–Crippen MR) is 90.0 cm³/mol. The Morgan fingerprint density at radius 2 is 1.92 bits per heavy atom. The van der Waals surface area contributed by atoms with E-state index in [1.807, 2.05) is 19.1 Å². The first-order chi connectivity index (χ1) is 11.8. The molecule has 2 aromatic heterocycles. The quantitative estimate of drug-likeness (QED) is 0.869. The minimum atomic E-state index is -2.61. The third kappa shape index (κ3) is 4.29. The fraction of sp³-hybridized carbons (Fsp3) is 0.389. The van der Waals surface area contributed by atoms with Crippen LogP contribution in [0.2, 0.25) is 0 Å². The second kappa shape index (κ2) is 6.74. The van der Waals surface area contributed by atoms with Gasteiger partial charge in [0.2, 0.25) is 5.92 Å². The van der Waals surface area contributed by atoms with Crippen LogP contribution in [0.15, 0.2) is 30.3 Å². The Hall–Kier alpha value is -2.57. The van der Waals surface area contributed by atoms with Crippen molar-refractivity contribution in [2.24, 2.45) is 0 Å². The van der Waals surface area contributed by atoms with Crippen LogP contribution in [0.25, 0.3) is 11.4 Å². The minimum absolute atomic E-state index is 0.0805. The lowest BCUT2D eigenvalue weighted by atomic mass is 9.92. The summed E-state index contributed by atoms with van der Waals surface area (Å²) in [6, 6.07) is 8.16. The zero-order valence-electron chi connectivity index (χ0n) is 13.8. The highest BCUT2D eigenvalue weighted by atomic mass is 19.3. The molecular formula is C18H19F2N3O2. The van der Waals surface area contributed by atoms with Crippen LogP contribution in [0.4, 0.5) is 14.6 Å². The molecule has 0 bridgehead atoms. The van der Waals surface area contributed by atoms with Gasteiger partial charge < -0.3 is 10.4 Å². The third-order valence-corrected chi connectivity index (χ3v) is 4.29. The van der Waals surface area contributed by atoms with Gasteiger partial charge in [-0.2, -0.15) is 0 Å². The van der Waals surface area contributed by atoms with Crippen molar-refractivity contribution in [1.29, 1.82) is 0 Å². The van der Waals surface area contributed by atoms with Crippen molar-refractivity contribution >= 4 is 11.8 Å². The summed E-state index contributed by atoms with van der Waals surface area (Å²) in [7, 11) is 0. The maximum atomic E-state index is 13.3. The Kier molecular flexibility index (Phi) is 4.65. The van der Waals surface area contributed by atoms with E-state index < -0.39 is 11.9 Å². The standard InChI is InChI=1S/C18H19F2N3O2/c1-11-3-2-4-14(21-11)15-9-12(17(24)25)10-16(23-15)22-13-5-7-18(19,20)8-6-13/h2-4,9-10,13H,5-8H2,1H3,(H,22,23)(H,24,25). The van der Waals surface area contributed by atoms with Crippen LogP contribution in [0.3, 0.4) is 0 Å². The second-order valence-electron chi connectivity index (χ2n) is 6.37. The van der Waals surface area contributed by atoms with E-state index >= 15 is 0 Å². The Morgan fingerprint density at radius 3 is 2.56 bits per heavy atom. The molecule has 2 aromatic rings. The number of hydrogen-bond donors (Lipinski definition) is 2. The number of aromatic carboxylic acids is 1. The van der Waals surface area contributed by atoms with Crippen molar-refractivity contribution in [2.75, 3.05) is 5.32 Å². The molecule has 0 aromatic carbocycles. The summed E-state index contributed by atoms with van der Waals surface area (Å²) in [5, 5.41) is 12.4. The highest BCUT2D eigenvalue weighted by molar-refractivity contribution is 5.90. The molecule has 2 heterocycles. The fourth-order valence-electron chi connectivity index (χ4n) is 2.94. The lowest BCUT2D eigenvalue weighted by Gasteiger charge is -2.29. The van der Waals surface area contributed by atoms with E-state index in [9.17, 15) is 18.7 Å². The number of anilines is 1. The first-order valence-electron chi connectivity index (χ1n) is 8.16. The Morgan fingerprint density at radius 1 is 1.20 bits per heavy atom. The lowest BCUT2D eigenvalue weighted by molar-refractivity contribution is -0.0361. The summed E-state index contributed by atoms with van der Waals surface area (Å²) in [5.74, 6) is -3.31. The number of aromatic nitrogens is 2. The van der Waals surface area contributed by atoms with Gasteiger partial charge in [0.15, 0.2) is 0 Å². The number of alkyl halides is 2. The van der Waals surface area contributed by atoms with Crippen molar-refractivity contribution in [3.05, 3.63) is 41.6 Å². The van der Waals surface area contributed by atoms with Gasteiger partial charge in [-0.1, -0.05) is 6.07 Å². The van der Waals surface area contributed by atoms with Crippen molar-refractivity contribution in [1.82, 2.24) is 9.97 Å². The topological polar surface area (TPSA) is 75.1 Å². The Labute approximate surface area is 144 Å². The molecule has 3 rings (SSSR count). The molecule has 1 aliphatic rings. The molecule has 25 heavy (non-hydrogen) atoms.